The Morgan fingerprint density at radius 1 is 1.08 bits per heavy atom. The number of aryl methyl sites for hydroxylation is 1. The molecule has 1 heterocycles. The van der Waals surface area contributed by atoms with E-state index in [2.05, 4.69) is 10.6 Å². The summed E-state index contributed by atoms with van der Waals surface area (Å²) in [5.41, 5.74) is 1.44. The number of pyridine rings is 1. The van der Waals surface area contributed by atoms with E-state index in [1.54, 1.807) is 26.0 Å². The second-order valence-corrected chi connectivity index (χ2v) is 5.88. The van der Waals surface area contributed by atoms with Gasteiger partial charge in [0.15, 0.2) is 0 Å². The third-order valence-corrected chi connectivity index (χ3v) is 3.97. The third kappa shape index (κ3) is 4.79. The standard InChI is InChI=1S/C19H23N3O3/c1-4-17(23)21-16-11-10-13(2)22(19(16)25)12-18(24)20-14(3)15-8-6-5-7-9-15/h5-11,14H,4,12H2,1-3H3,(H,20,24)(H,21,23)/t14-/m0/s1. The first-order chi connectivity index (χ1) is 11.9. The first-order valence-electron chi connectivity index (χ1n) is 8.27. The van der Waals surface area contributed by atoms with Gasteiger partial charge in [-0.05, 0) is 31.5 Å². The van der Waals surface area contributed by atoms with Gasteiger partial charge in [0.05, 0.1) is 6.04 Å². The number of amides is 2. The van der Waals surface area contributed by atoms with Gasteiger partial charge in [-0.2, -0.15) is 0 Å². The van der Waals surface area contributed by atoms with Gasteiger partial charge >= 0.3 is 0 Å². The van der Waals surface area contributed by atoms with Gasteiger partial charge in [-0.1, -0.05) is 37.3 Å². The molecular formula is C19H23N3O3. The van der Waals surface area contributed by atoms with E-state index in [4.69, 9.17) is 0 Å². The van der Waals surface area contributed by atoms with Crippen molar-refractivity contribution in [3.63, 3.8) is 0 Å². The summed E-state index contributed by atoms with van der Waals surface area (Å²) in [5.74, 6) is -0.504. The Kier molecular flexibility index (Phi) is 6.11. The first-order valence-corrected chi connectivity index (χ1v) is 8.27. The molecule has 25 heavy (non-hydrogen) atoms. The van der Waals surface area contributed by atoms with Crippen LogP contribution in [-0.4, -0.2) is 16.4 Å². The summed E-state index contributed by atoms with van der Waals surface area (Å²) in [6.07, 6.45) is 0.280. The largest absolute Gasteiger partial charge is 0.348 e. The molecule has 6 heteroatoms. The quantitative estimate of drug-likeness (QED) is 0.846. The SMILES string of the molecule is CCC(=O)Nc1ccc(C)n(CC(=O)N[C@@H](C)c2ccccc2)c1=O. The van der Waals surface area contributed by atoms with Gasteiger partial charge < -0.3 is 15.2 Å². The molecule has 0 radical (unpaired) electrons. The van der Waals surface area contributed by atoms with Gasteiger partial charge in [0.2, 0.25) is 11.8 Å². The molecule has 0 bridgehead atoms. The van der Waals surface area contributed by atoms with Crippen molar-refractivity contribution in [3.05, 3.63) is 64.1 Å². The number of hydrogen-bond acceptors (Lipinski definition) is 3. The number of carbonyl (C=O) groups excluding carboxylic acids is 2. The molecular weight excluding hydrogens is 318 g/mol. The molecule has 0 aliphatic heterocycles. The summed E-state index contributed by atoms with van der Waals surface area (Å²) < 4.78 is 1.36. The highest BCUT2D eigenvalue weighted by atomic mass is 16.2. The maximum Gasteiger partial charge on any atom is 0.274 e. The molecule has 0 aliphatic rings. The fourth-order valence-corrected chi connectivity index (χ4v) is 2.46. The van der Waals surface area contributed by atoms with Gasteiger partial charge in [-0.25, -0.2) is 0 Å². The maximum absolute atomic E-state index is 12.5. The molecule has 1 atom stereocenters. The van der Waals surface area contributed by atoms with Gasteiger partial charge in [-0.3, -0.25) is 14.4 Å². The van der Waals surface area contributed by atoms with Gasteiger partial charge in [0.25, 0.3) is 5.56 Å². The lowest BCUT2D eigenvalue weighted by Gasteiger charge is -2.16. The zero-order valence-electron chi connectivity index (χ0n) is 14.7. The Balaban J connectivity index is 2.13. The van der Waals surface area contributed by atoms with Gasteiger partial charge in [0.1, 0.15) is 12.2 Å². The van der Waals surface area contributed by atoms with E-state index in [-0.39, 0.29) is 42.1 Å². The summed E-state index contributed by atoms with van der Waals surface area (Å²) in [4.78, 5) is 36.3. The van der Waals surface area contributed by atoms with Crippen molar-refractivity contribution >= 4 is 17.5 Å². The number of carbonyl (C=O) groups is 2. The normalized spacial score (nSPS) is 11.6. The number of rotatable bonds is 6. The van der Waals surface area contributed by atoms with Crippen molar-refractivity contribution in [1.82, 2.24) is 9.88 Å². The minimum atomic E-state index is -0.385. The third-order valence-electron chi connectivity index (χ3n) is 3.97. The number of hydrogen-bond donors (Lipinski definition) is 2. The molecule has 6 nitrogen and oxygen atoms in total. The number of aromatic nitrogens is 1. The van der Waals surface area contributed by atoms with Crippen molar-refractivity contribution in [3.8, 4) is 0 Å². The molecule has 2 rings (SSSR count). The molecule has 0 unspecified atom stereocenters. The van der Waals surface area contributed by atoms with Gasteiger partial charge in [0, 0.05) is 12.1 Å². The Hall–Kier alpha value is -2.89. The second-order valence-electron chi connectivity index (χ2n) is 5.88. The molecule has 2 aromatic rings. The zero-order valence-corrected chi connectivity index (χ0v) is 14.7. The predicted octanol–water partition coefficient (Wildman–Crippen LogP) is 2.38. The van der Waals surface area contributed by atoms with Crippen molar-refractivity contribution in [2.24, 2.45) is 0 Å². The lowest BCUT2D eigenvalue weighted by atomic mass is 10.1. The maximum atomic E-state index is 12.5. The topological polar surface area (TPSA) is 80.2 Å². The Labute approximate surface area is 146 Å². The van der Waals surface area contributed by atoms with Crippen LogP contribution in [0.15, 0.2) is 47.3 Å². The molecule has 132 valence electrons. The molecule has 1 aromatic heterocycles. The monoisotopic (exact) mass is 341 g/mol. The summed E-state index contributed by atoms with van der Waals surface area (Å²) in [6.45, 7) is 5.25. The molecule has 0 spiro atoms. The van der Waals surface area contributed by atoms with E-state index in [0.29, 0.717) is 5.69 Å². The Bertz CT molecular complexity index is 812. The van der Waals surface area contributed by atoms with Crippen LogP contribution in [0.25, 0.3) is 0 Å². The highest BCUT2D eigenvalue weighted by molar-refractivity contribution is 5.90. The van der Waals surface area contributed by atoms with Crippen LogP contribution in [0, 0.1) is 6.92 Å². The lowest BCUT2D eigenvalue weighted by Crippen LogP contribution is -2.35. The summed E-state index contributed by atoms with van der Waals surface area (Å²) in [6, 6.07) is 12.7. The Morgan fingerprint density at radius 2 is 1.76 bits per heavy atom. The van der Waals surface area contributed by atoms with Gasteiger partial charge in [-0.15, -0.1) is 0 Å². The highest BCUT2D eigenvalue weighted by Crippen LogP contribution is 2.11. The molecule has 2 N–H and O–H groups in total. The minimum Gasteiger partial charge on any atom is -0.348 e. The number of nitrogens with one attached hydrogen (secondary N) is 2. The second kappa shape index (κ2) is 8.28. The van der Waals surface area contributed by atoms with Crippen LogP contribution in [-0.2, 0) is 16.1 Å². The van der Waals surface area contributed by atoms with E-state index in [9.17, 15) is 14.4 Å². The predicted molar refractivity (Wildman–Crippen MR) is 97.4 cm³/mol. The number of benzene rings is 1. The van der Waals surface area contributed by atoms with E-state index in [0.717, 1.165) is 5.56 Å². The average Bonchev–Trinajstić information content (AvgIpc) is 2.61. The van der Waals surface area contributed by atoms with Crippen LogP contribution in [0.2, 0.25) is 0 Å². The average molecular weight is 341 g/mol. The fourth-order valence-electron chi connectivity index (χ4n) is 2.46. The summed E-state index contributed by atoms with van der Waals surface area (Å²) >= 11 is 0. The van der Waals surface area contributed by atoms with Crippen LogP contribution in [0.5, 0.6) is 0 Å². The fraction of sp³-hybridized carbons (Fsp3) is 0.316. The van der Waals surface area contributed by atoms with E-state index < -0.39 is 0 Å². The lowest BCUT2D eigenvalue weighted by molar-refractivity contribution is -0.122. The van der Waals surface area contributed by atoms with Crippen molar-refractivity contribution in [2.45, 2.75) is 39.8 Å². The van der Waals surface area contributed by atoms with Crippen molar-refractivity contribution in [1.29, 1.82) is 0 Å². The first kappa shape index (κ1) is 18.4. The molecule has 0 saturated heterocycles. The molecule has 0 aliphatic carbocycles. The highest BCUT2D eigenvalue weighted by Gasteiger charge is 2.14. The molecule has 1 aromatic carbocycles. The van der Waals surface area contributed by atoms with Crippen molar-refractivity contribution in [2.75, 3.05) is 5.32 Å². The van der Waals surface area contributed by atoms with Crippen LogP contribution in [0.4, 0.5) is 5.69 Å². The van der Waals surface area contributed by atoms with Crippen LogP contribution >= 0.6 is 0 Å². The summed E-state index contributed by atoms with van der Waals surface area (Å²) in [7, 11) is 0. The van der Waals surface area contributed by atoms with Crippen LogP contribution in [0.3, 0.4) is 0 Å². The molecule has 2 amide bonds. The van der Waals surface area contributed by atoms with Crippen LogP contribution < -0.4 is 16.2 Å². The van der Waals surface area contributed by atoms with E-state index >= 15 is 0 Å². The van der Waals surface area contributed by atoms with E-state index in [1.807, 2.05) is 37.3 Å². The number of anilines is 1. The minimum absolute atomic E-state index is 0.0995. The smallest absolute Gasteiger partial charge is 0.274 e. The number of nitrogens with zero attached hydrogens (tertiary/aromatic N) is 1. The van der Waals surface area contributed by atoms with Crippen LogP contribution in [0.1, 0.15) is 37.6 Å². The molecule has 0 fully saturated rings. The Morgan fingerprint density at radius 3 is 2.40 bits per heavy atom. The van der Waals surface area contributed by atoms with Crippen molar-refractivity contribution < 1.29 is 9.59 Å². The van der Waals surface area contributed by atoms with E-state index in [1.165, 1.54) is 4.57 Å². The summed E-state index contributed by atoms with van der Waals surface area (Å²) in [5, 5.41) is 5.45. The molecule has 0 saturated carbocycles. The zero-order chi connectivity index (χ0) is 18.4.